The van der Waals surface area contributed by atoms with Gasteiger partial charge in [-0.05, 0) is 31.2 Å². The van der Waals surface area contributed by atoms with Crippen molar-refractivity contribution in [2.24, 2.45) is 0 Å². The van der Waals surface area contributed by atoms with E-state index in [1.807, 2.05) is 19.2 Å². The Morgan fingerprint density at radius 1 is 1.17 bits per heavy atom. The van der Waals surface area contributed by atoms with Crippen LogP contribution in [0.5, 0.6) is 0 Å². The maximum atomic E-state index is 4.47. The van der Waals surface area contributed by atoms with Crippen molar-refractivity contribution in [1.29, 1.82) is 0 Å². The molecule has 0 bridgehead atoms. The topological polar surface area (TPSA) is 60.9 Å². The lowest BCUT2D eigenvalue weighted by molar-refractivity contribution is 0.244. The second kappa shape index (κ2) is 6.49. The van der Waals surface area contributed by atoms with Gasteiger partial charge in [-0.25, -0.2) is 4.98 Å². The minimum atomic E-state index is 0.806. The lowest BCUT2D eigenvalue weighted by atomic mass is 10.1. The van der Waals surface area contributed by atoms with Crippen LogP contribution in [0.15, 0.2) is 34.9 Å². The lowest BCUT2D eigenvalue weighted by Gasteiger charge is -2.36. The smallest absolute Gasteiger partial charge is 0.164 e. The summed E-state index contributed by atoms with van der Waals surface area (Å²) in [5.74, 6) is 1.75. The maximum Gasteiger partial charge on any atom is 0.164 e. The Hall–Kier alpha value is -1.99. The number of piperazine rings is 1. The molecular formula is C17H19BrN6. The van der Waals surface area contributed by atoms with Crippen molar-refractivity contribution in [3.63, 3.8) is 0 Å². The van der Waals surface area contributed by atoms with Gasteiger partial charge in [-0.1, -0.05) is 15.9 Å². The van der Waals surface area contributed by atoms with E-state index in [0.29, 0.717) is 0 Å². The van der Waals surface area contributed by atoms with E-state index in [0.717, 1.165) is 54.4 Å². The van der Waals surface area contributed by atoms with Crippen LogP contribution in [0.3, 0.4) is 0 Å². The first-order valence-electron chi connectivity index (χ1n) is 8.08. The van der Waals surface area contributed by atoms with Crippen molar-refractivity contribution >= 4 is 32.5 Å². The Kier molecular flexibility index (Phi) is 4.20. The zero-order chi connectivity index (χ0) is 16.5. The number of pyridine rings is 1. The standard InChI is InChI=1S/C17H19BrN6/c1-12-20-17(22-21-12)11-23-6-8-24(9-7-23)16-4-5-19-15-3-2-13(18)10-14(15)16/h2-5,10H,6-9,11H2,1H3,(H,20,21,22). The van der Waals surface area contributed by atoms with Crippen LogP contribution in [-0.2, 0) is 6.54 Å². The van der Waals surface area contributed by atoms with Gasteiger partial charge < -0.3 is 4.90 Å². The van der Waals surface area contributed by atoms with Gasteiger partial charge >= 0.3 is 0 Å². The molecular weight excluding hydrogens is 368 g/mol. The molecule has 3 heterocycles. The number of nitrogens with one attached hydrogen (secondary N) is 1. The molecule has 0 radical (unpaired) electrons. The van der Waals surface area contributed by atoms with Gasteiger partial charge in [-0.2, -0.15) is 5.10 Å². The van der Waals surface area contributed by atoms with Gasteiger partial charge in [0.2, 0.25) is 0 Å². The van der Waals surface area contributed by atoms with Crippen LogP contribution in [-0.4, -0.2) is 51.2 Å². The number of halogens is 1. The fourth-order valence-corrected chi connectivity index (χ4v) is 3.55. The number of benzene rings is 1. The number of hydrogen-bond acceptors (Lipinski definition) is 5. The predicted octanol–water partition coefficient (Wildman–Crippen LogP) is 2.75. The molecule has 1 saturated heterocycles. The summed E-state index contributed by atoms with van der Waals surface area (Å²) in [5, 5.41) is 8.34. The number of aromatic amines is 1. The molecule has 4 rings (SSSR count). The van der Waals surface area contributed by atoms with Gasteiger partial charge in [0.15, 0.2) is 5.82 Å². The molecule has 0 amide bonds. The van der Waals surface area contributed by atoms with E-state index in [2.05, 4.69) is 64.1 Å². The fraction of sp³-hybridized carbons (Fsp3) is 0.353. The van der Waals surface area contributed by atoms with Gasteiger partial charge in [0.25, 0.3) is 0 Å². The average Bonchev–Trinajstić information content (AvgIpc) is 3.00. The summed E-state index contributed by atoms with van der Waals surface area (Å²) < 4.78 is 1.09. The number of fused-ring (bicyclic) bond motifs is 1. The number of aryl methyl sites for hydroxylation is 1. The molecule has 6 nitrogen and oxygen atoms in total. The quantitative estimate of drug-likeness (QED) is 0.749. The van der Waals surface area contributed by atoms with Gasteiger partial charge in [-0.3, -0.25) is 15.0 Å². The van der Waals surface area contributed by atoms with Crippen molar-refractivity contribution in [2.75, 3.05) is 31.1 Å². The average molecular weight is 387 g/mol. The molecule has 1 aliphatic heterocycles. The van der Waals surface area contributed by atoms with Crippen LogP contribution in [0.2, 0.25) is 0 Å². The van der Waals surface area contributed by atoms with E-state index in [1.165, 1.54) is 11.1 Å². The molecule has 3 aromatic rings. The highest BCUT2D eigenvalue weighted by atomic mass is 79.9. The molecule has 0 spiro atoms. The van der Waals surface area contributed by atoms with Crippen molar-refractivity contribution < 1.29 is 0 Å². The van der Waals surface area contributed by atoms with Gasteiger partial charge in [0.1, 0.15) is 5.82 Å². The zero-order valence-corrected chi connectivity index (χ0v) is 15.1. The third-order valence-corrected chi connectivity index (χ3v) is 4.90. The summed E-state index contributed by atoms with van der Waals surface area (Å²) in [6.45, 7) is 6.74. The van der Waals surface area contributed by atoms with Crippen LogP contribution in [0.25, 0.3) is 10.9 Å². The van der Waals surface area contributed by atoms with Crippen molar-refractivity contribution in [2.45, 2.75) is 13.5 Å². The van der Waals surface area contributed by atoms with Gasteiger partial charge in [0.05, 0.1) is 12.1 Å². The van der Waals surface area contributed by atoms with E-state index in [-0.39, 0.29) is 0 Å². The Balaban J connectivity index is 1.49. The van der Waals surface area contributed by atoms with Crippen LogP contribution in [0.1, 0.15) is 11.6 Å². The number of hydrogen-bond donors (Lipinski definition) is 1. The number of rotatable bonds is 3. The Morgan fingerprint density at radius 2 is 2.00 bits per heavy atom. The number of nitrogens with zero attached hydrogens (tertiary/aromatic N) is 5. The highest BCUT2D eigenvalue weighted by molar-refractivity contribution is 9.10. The molecule has 2 aromatic heterocycles. The van der Waals surface area contributed by atoms with Gasteiger partial charge in [0, 0.05) is 47.9 Å². The molecule has 1 N–H and O–H groups in total. The van der Waals surface area contributed by atoms with E-state index in [4.69, 9.17) is 0 Å². The molecule has 0 saturated carbocycles. The third-order valence-electron chi connectivity index (χ3n) is 4.40. The summed E-state index contributed by atoms with van der Waals surface area (Å²) in [6.07, 6.45) is 1.90. The zero-order valence-electron chi connectivity index (χ0n) is 13.5. The molecule has 0 atom stereocenters. The summed E-state index contributed by atoms with van der Waals surface area (Å²) >= 11 is 3.57. The van der Waals surface area contributed by atoms with E-state index >= 15 is 0 Å². The van der Waals surface area contributed by atoms with Crippen molar-refractivity contribution in [1.82, 2.24) is 25.1 Å². The Labute approximate surface area is 149 Å². The van der Waals surface area contributed by atoms with Crippen molar-refractivity contribution in [3.05, 3.63) is 46.6 Å². The van der Waals surface area contributed by atoms with Crippen LogP contribution < -0.4 is 4.90 Å². The van der Waals surface area contributed by atoms with Crippen LogP contribution in [0.4, 0.5) is 5.69 Å². The highest BCUT2D eigenvalue weighted by Crippen LogP contribution is 2.28. The molecule has 1 aromatic carbocycles. The summed E-state index contributed by atoms with van der Waals surface area (Å²) in [7, 11) is 0. The van der Waals surface area contributed by atoms with Crippen LogP contribution >= 0.6 is 15.9 Å². The maximum absolute atomic E-state index is 4.47. The normalized spacial score (nSPS) is 16.0. The highest BCUT2D eigenvalue weighted by Gasteiger charge is 2.20. The molecule has 124 valence electrons. The summed E-state index contributed by atoms with van der Waals surface area (Å²) in [4.78, 5) is 13.7. The summed E-state index contributed by atoms with van der Waals surface area (Å²) in [5.41, 5.74) is 2.30. The lowest BCUT2D eigenvalue weighted by Crippen LogP contribution is -2.46. The SMILES string of the molecule is Cc1nc(CN2CCN(c3ccnc4ccc(Br)cc34)CC2)n[nH]1. The molecule has 1 aliphatic rings. The van der Waals surface area contributed by atoms with Crippen molar-refractivity contribution in [3.8, 4) is 0 Å². The summed E-state index contributed by atoms with van der Waals surface area (Å²) in [6, 6.07) is 8.37. The number of aromatic nitrogens is 4. The largest absolute Gasteiger partial charge is 0.368 e. The second-order valence-corrected chi connectivity index (χ2v) is 7.01. The predicted molar refractivity (Wildman–Crippen MR) is 98.1 cm³/mol. The fourth-order valence-electron chi connectivity index (χ4n) is 3.19. The second-order valence-electron chi connectivity index (χ2n) is 6.09. The van der Waals surface area contributed by atoms with Gasteiger partial charge in [-0.15, -0.1) is 0 Å². The molecule has 24 heavy (non-hydrogen) atoms. The monoisotopic (exact) mass is 386 g/mol. The van der Waals surface area contributed by atoms with E-state index < -0.39 is 0 Å². The number of H-pyrrole nitrogens is 1. The first-order chi connectivity index (χ1) is 11.7. The van der Waals surface area contributed by atoms with E-state index in [9.17, 15) is 0 Å². The molecule has 0 aliphatic carbocycles. The molecule has 7 heteroatoms. The van der Waals surface area contributed by atoms with E-state index in [1.54, 1.807) is 0 Å². The molecule has 0 unspecified atom stereocenters. The minimum Gasteiger partial charge on any atom is -0.368 e. The third kappa shape index (κ3) is 3.14. The van der Waals surface area contributed by atoms with Crippen LogP contribution in [0, 0.1) is 6.92 Å². The Morgan fingerprint density at radius 3 is 2.75 bits per heavy atom. The molecule has 1 fully saturated rings. The minimum absolute atomic E-state index is 0.806. The first kappa shape index (κ1) is 15.5. The Bertz CT molecular complexity index is 853. The number of anilines is 1. The first-order valence-corrected chi connectivity index (χ1v) is 8.88.